The largest absolute Gasteiger partial charge is 0.349 e. The number of nitrogens with one attached hydrogen (secondary N) is 1. The zero-order valence-corrected chi connectivity index (χ0v) is 15.3. The predicted molar refractivity (Wildman–Crippen MR) is 107 cm³/mol. The summed E-state index contributed by atoms with van der Waals surface area (Å²) in [5, 5.41) is 12.4. The lowest BCUT2D eigenvalue weighted by molar-refractivity contribution is -0.384. The Kier molecular flexibility index (Phi) is 4.41. The number of hydrogen-bond acceptors (Lipinski definition) is 5. The van der Waals surface area contributed by atoms with E-state index in [1.807, 2.05) is 24.3 Å². The maximum absolute atomic E-state index is 13.2. The molecule has 0 unspecified atom stereocenters. The van der Waals surface area contributed by atoms with Crippen molar-refractivity contribution in [2.45, 2.75) is 18.5 Å². The monoisotopic (exact) mass is 380 g/mol. The van der Waals surface area contributed by atoms with Gasteiger partial charge in [0.2, 0.25) is 0 Å². The third-order valence-electron chi connectivity index (χ3n) is 4.25. The van der Waals surface area contributed by atoms with Gasteiger partial charge < -0.3 is 4.98 Å². The van der Waals surface area contributed by atoms with E-state index >= 15 is 0 Å². The SMILES string of the molecule is CCCSc1nc2c([nH]c3ccccc32)c(=O)n1-c1ccc([N+](=O)[O-])cc1. The second-order valence-electron chi connectivity index (χ2n) is 6.05. The van der Waals surface area contributed by atoms with E-state index in [1.165, 1.54) is 28.5 Å². The summed E-state index contributed by atoms with van der Waals surface area (Å²) < 4.78 is 1.52. The highest BCUT2D eigenvalue weighted by Gasteiger charge is 2.17. The molecule has 0 amide bonds. The van der Waals surface area contributed by atoms with Crippen molar-refractivity contribution in [2.24, 2.45) is 0 Å². The van der Waals surface area contributed by atoms with Gasteiger partial charge in [-0.3, -0.25) is 19.5 Å². The first-order chi connectivity index (χ1) is 13.1. The van der Waals surface area contributed by atoms with Crippen LogP contribution in [0.1, 0.15) is 13.3 Å². The van der Waals surface area contributed by atoms with Crippen LogP contribution in [0.2, 0.25) is 0 Å². The average Bonchev–Trinajstić information content (AvgIpc) is 3.06. The molecule has 0 aliphatic carbocycles. The van der Waals surface area contributed by atoms with Crippen LogP contribution in [0.4, 0.5) is 5.69 Å². The van der Waals surface area contributed by atoms with Gasteiger partial charge in [0.25, 0.3) is 11.2 Å². The summed E-state index contributed by atoms with van der Waals surface area (Å²) in [6.07, 6.45) is 0.937. The van der Waals surface area contributed by atoms with Crippen molar-refractivity contribution >= 4 is 39.4 Å². The van der Waals surface area contributed by atoms with Crippen molar-refractivity contribution in [1.29, 1.82) is 0 Å². The van der Waals surface area contributed by atoms with E-state index in [-0.39, 0.29) is 11.2 Å². The van der Waals surface area contributed by atoms with E-state index in [1.54, 1.807) is 12.1 Å². The molecule has 4 aromatic rings. The van der Waals surface area contributed by atoms with Gasteiger partial charge in [-0.1, -0.05) is 36.9 Å². The van der Waals surface area contributed by atoms with Crippen molar-refractivity contribution in [1.82, 2.24) is 14.5 Å². The summed E-state index contributed by atoms with van der Waals surface area (Å²) in [4.78, 5) is 31.6. The van der Waals surface area contributed by atoms with Crippen LogP contribution in [0.15, 0.2) is 58.5 Å². The molecule has 7 nitrogen and oxygen atoms in total. The smallest absolute Gasteiger partial charge is 0.283 e. The summed E-state index contributed by atoms with van der Waals surface area (Å²) in [6.45, 7) is 2.06. The molecular formula is C19H16N4O3S. The molecule has 1 N–H and O–H groups in total. The standard InChI is InChI=1S/C19H16N4O3S/c1-2-11-27-19-21-16-14-5-3-4-6-15(14)20-17(16)18(24)22(19)12-7-9-13(10-8-12)23(25)26/h3-10,20H,2,11H2,1H3. The number of fused-ring (bicyclic) bond motifs is 3. The zero-order chi connectivity index (χ0) is 19.0. The van der Waals surface area contributed by atoms with E-state index in [4.69, 9.17) is 4.98 Å². The van der Waals surface area contributed by atoms with E-state index < -0.39 is 4.92 Å². The molecule has 0 saturated heterocycles. The summed E-state index contributed by atoms with van der Waals surface area (Å²) in [5.74, 6) is 0.813. The highest BCUT2D eigenvalue weighted by Crippen LogP contribution is 2.27. The number of aromatic amines is 1. The number of hydrogen-bond donors (Lipinski definition) is 1. The second kappa shape index (κ2) is 6.88. The predicted octanol–water partition coefficient (Wildman–Crippen LogP) is 4.28. The molecule has 0 bridgehead atoms. The Labute approximate surface area is 158 Å². The molecule has 0 spiro atoms. The van der Waals surface area contributed by atoms with Crippen LogP contribution in [0.3, 0.4) is 0 Å². The molecule has 136 valence electrons. The second-order valence-corrected chi connectivity index (χ2v) is 7.11. The van der Waals surface area contributed by atoms with Crippen molar-refractivity contribution in [3.05, 3.63) is 69.0 Å². The van der Waals surface area contributed by atoms with Gasteiger partial charge in [-0.15, -0.1) is 0 Å². The van der Waals surface area contributed by atoms with Gasteiger partial charge in [0.15, 0.2) is 5.16 Å². The number of thioether (sulfide) groups is 1. The number of para-hydroxylation sites is 1. The third-order valence-corrected chi connectivity index (χ3v) is 5.39. The van der Waals surface area contributed by atoms with Crippen molar-refractivity contribution in [3.63, 3.8) is 0 Å². The van der Waals surface area contributed by atoms with Crippen LogP contribution in [-0.4, -0.2) is 25.2 Å². The van der Waals surface area contributed by atoms with Gasteiger partial charge in [0.05, 0.1) is 10.6 Å². The van der Waals surface area contributed by atoms with E-state index in [0.29, 0.717) is 21.9 Å². The Bertz CT molecular complexity index is 1210. The number of nitro groups is 1. The Hall–Kier alpha value is -3.13. The number of H-pyrrole nitrogens is 1. The molecule has 0 aliphatic heterocycles. The fourth-order valence-electron chi connectivity index (χ4n) is 2.98. The first-order valence-electron chi connectivity index (χ1n) is 8.51. The van der Waals surface area contributed by atoms with Crippen LogP contribution in [-0.2, 0) is 0 Å². The Morgan fingerprint density at radius 1 is 1.19 bits per heavy atom. The maximum atomic E-state index is 13.2. The number of rotatable bonds is 5. The molecular weight excluding hydrogens is 364 g/mol. The lowest BCUT2D eigenvalue weighted by atomic mass is 10.2. The van der Waals surface area contributed by atoms with Crippen LogP contribution in [0, 0.1) is 10.1 Å². The quantitative estimate of drug-likeness (QED) is 0.241. The summed E-state index contributed by atoms with van der Waals surface area (Å²) in [5.41, 5.74) is 2.24. The van der Waals surface area contributed by atoms with Gasteiger partial charge in [-0.25, -0.2) is 4.98 Å². The average molecular weight is 380 g/mol. The third kappa shape index (κ3) is 2.97. The molecule has 0 radical (unpaired) electrons. The maximum Gasteiger partial charge on any atom is 0.283 e. The first kappa shape index (κ1) is 17.3. The fourth-order valence-corrected chi connectivity index (χ4v) is 3.84. The molecule has 4 rings (SSSR count). The Morgan fingerprint density at radius 2 is 1.93 bits per heavy atom. The van der Waals surface area contributed by atoms with Crippen molar-refractivity contribution in [3.8, 4) is 5.69 Å². The van der Waals surface area contributed by atoms with E-state index in [2.05, 4.69) is 11.9 Å². The molecule has 2 aromatic carbocycles. The highest BCUT2D eigenvalue weighted by atomic mass is 32.2. The molecule has 8 heteroatoms. The normalized spacial score (nSPS) is 11.3. The van der Waals surface area contributed by atoms with Crippen LogP contribution < -0.4 is 5.56 Å². The molecule has 27 heavy (non-hydrogen) atoms. The lowest BCUT2D eigenvalue weighted by Gasteiger charge is -2.11. The van der Waals surface area contributed by atoms with Gasteiger partial charge in [0.1, 0.15) is 11.0 Å². The fraction of sp³-hybridized carbons (Fsp3) is 0.158. The summed E-state index contributed by atoms with van der Waals surface area (Å²) in [6, 6.07) is 13.6. The number of non-ortho nitro benzene ring substituents is 1. The van der Waals surface area contributed by atoms with Gasteiger partial charge >= 0.3 is 0 Å². The molecule has 0 atom stereocenters. The number of aromatic nitrogens is 3. The van der Waals surface area contributed by atoms with E-state index in [0.717, 1.165) is 23.1 Å². The molecule has 2 heterocycles. The number of nitrogens with zero attached hydrogens (tertiary/aromatic N) is 3. The highest BCUT2D eigenvalue weighted by molar-refractivity contribution is 7.99. The Morgan fingerprint density at radius 3 is 2.63 bits per heavy atom. The molecule has 0 aliphatic rings. The topological polar surface area (TPSA) is 93.8 Å². The molecule has 2 aromatic heterocycles. The van der Waals surface area contributed by atoms with Crippen molar-refractivity contribution in [2.75, 3.05) is 5.75 Å². The van der Waals surface area contributed by atoms with Crippen LogP contribution in [0.5, 0.6) is 0 Å². The molecule has 0 saturated carbocycles. The van der Waals surface area contributed by atoms with Gasteiger partial charge in [0, 0.05) is 28.8 Å². The zero-order valence-electron chi connectivity index (χ0n) is 14.5. The minimum absolute atomic E-state index is 0.0193. The minimum Gasteiger partial charge on any atom is -0.349 e. The van der Waals surface area contributed by atoms with Crippen LogP contribution in [0.25, 0.3) is 27.6 Å². The molecule has 0 fully saturated rings. The lowest BCUT2D eigenvalue weighted by Crippen LogP contribution is -2.21. The first-order valence-corrected chi connectivity index (χ1v) is 9.50. The van der Waals surface area contributed by atoms with E-state index in [9.17, 15) is 14.9 Å². The number of nitro benzene ring substituents is 1. The van der Waals surface area contributed by atoms with Gasteiger partial charge in [-0.05, 0) is 24.6 Å². The summed E-state index contributed by atoms with van der Waals surface area (Å²) >= 11 is 1.50. The van der Waals surface area contributed by atoms with Crippen molar-refractivity contribution < 1.29 is 4.92 Å². The minimum atomic E-state index is -0.460. The Balaban J connectivity index is 1.99. The summed E-state index contributed by atoms with van der Waals surface area (Å²) in [7, 11) is 0. The van der Waals surface area contributed by atoms with Gasteiger partial charge in [-0.2, -0.15) is 0 Å². The number of benzene rings is 2. The van der Waals surface area contributed by atoms with Crippen LogP contribution >= 0.6 is 11.8 Å².